The fourth-order valence-corrected chi connectivity index (χ4v) is 4.67. The highest BCUT2D eigenvalue weighted by Crippen LogP contribution is 2.28. The summed E-state index contributed by atoms with van der Waals surface area (Å²) in [4.78, 5) is -0.989. The Labute approximate surface area is 128 Å². The van der Waals surface area contributed by atoms with Crippen molar-refractivity contribution in [3.63, 3.8) is 0 Å². The molecule has 118 valence electrons. The second kappa shape index (κ2) is 5.83. The summed E-state index contributed by atoms with van der Waals surface area (Å²) in [7, 11) is -2.94. The van der Waals surface area contributed by atoms with Crippen LogP contribution in [0.3, 0.4) is 0 Å². The van der Waals surface area contributed by atoms with Crippen LogP contribution in [0.15, 0.2) is 28.0 Å². The van der Waals surface area contributed by atoms with Gasteiger partial charge in [-0.15, -0.1) is 0 Å². The minimum absolute atomic E-state index is 0.269. The molecule has 21 heavy (non-hydrogen) atoms. The highest BCUT2D eigenvalue weighted by molar-refractivity contribution is 8.13. The average molecular weight is 356 g/mol. The summed E-state index contributed by atoms with van der Waals surface area (Å²) in [6.45, 7) is 2.67. The lowest BCUT2D eigenvalue weighted by Gasteiger charge is -2.17. The molecule has 0 N–H and O–H groups in total. The van der Waals surface area contributed by atoms with Gasteiger partial charge in [0, 0.05) is 23.8 Å². The van der Waals surface area contributed by atoms with Gasteiger partial charge in [-0.25, -0.2) is 21.2 Å². The molecule has 0 aromatic heterocycles. The third kappa shape index (κ3) is 3.39. The fraction of sp³-hybridized carbons (Fsp3) is 0.500. The van der Waals surface area contributed by atoms with Crippen LogP contribution >= 0.6 is 10.7 Å². The van der Waals surface area contributed by atoms with Gasteiger partial charge in [0.2, 0.25) is 10.0 Å². The Balaban J connectivity index is 2.38. The Kier molecular flexibility index (Phi) is 4.63. The van der Waals surface area contributed by atoms with Crippen LogP contribution in [0.2, 0.25) is 0 Å². The maximum absolute atomic E-state index is 14.0. The summed E-state index contributed by atoms with van der Waals surface area (Å²) in [6.07, 6.45) is 1.60. The van der Waals surface area contributed by atoms with Crippen LogP contribution in [-0.4, -0.2) is 34.2 Å². The van der Waals surface area contributed by atoms with Gasteiger partial charge in [0.15, 0.2) is 0 Å². The molecule has 1 atom stereocenters. The lowest BCUT2D eigenvalue weighted by molar-refractivity contribution is 0.447. The molecule has 0 radical (unpaired) electrons. The zero-order valence-corrected chi connectivity index (χ0v) is 13.7. The van der Waals surface area contributed by atoms with Crippen LogP contribution < -0.4 is 0 Å². The van der Waals surface area contributed by atoms with E-state index in [1.165, 1.54) is 4.31 Å². The molecule has 1 aromatic rings. The Morgan fingerprint density at radius 1 is 1.33 bits per heavy atom. The fourth-order valence-electron chi connectivity index (χ4n) is 2.33. The van der Waals surface area contributed by atoms with Crippen LogP contribution in [0.5, 0.6) is 0 Å². The SMILES string of the molecule is CCC1CCN(S(=O)(=O)c2ccc(S(=O)(=O)Cl)cc2F)C1. The number of hydrogen-bond acceptors (Lipinski definition) is 4. The summed E-state index contributed by atoms with van der Waals surface area (Å²) in [5.41, 5.74) is 0. The number of rotatable bonds is 4. The Bertz CT molecular complexity index is 749. The van der Waals surface area contributed by atoms with E-state index in [0.717, 1.165) is 25.0 Å². The maximum Gasteiger partial charge on any atom is 0.261 e. The van der Waals surface area contributed by atoms with Crippen molar-refractivity contribution in [3.05, 3.63) is 24.0 Å². The van der Waals surface area contributed by atoms with E-state index in [-0.39, 0.29) is 5.92 Å². The van der Waals surface area contributed by atoms with Crippen LogP contribution in [-0.2, 0) is 19.1 Å². The third-order valence-electron chi connectivity index (χ3n) is 3.63. The molecule has 0 bridgehead atoms. The van der Waals surface area contributed by atoms with Crippen molar-refractivity contribution in [2.24, 2.45) is 5.92 Å². The minimum atomic E-state index is -4.10. The van der Waals surface area contributed by atoms with Gasteiger partial charge >= 0.3 is 0 Å². The normalized spacial score (nSPS) is 20.8. The highest BCUT2D eigenvalue weighted by Gasteiger charge is 2.33. The van der Waals surface area contributed by atoms with E-state index in [1.54, 1.807) is 0 Å². The summed E-state index contributed by atoms with van der Waals surface area (Å²) >= 11 is 0. The van der Waals surface area contributed by atoms with Crippen LogP contribution in [0.1, 0.15) is 19.8 Å². The molecular formula is C12H15ClFNO4S2. The lowest BCUT2D eigenvalue weighted by Crippen LogP contribution is -2.29. The summed E-state index contributed by atoms with van der Waals surface area (Å²) in [5, 5.41) is 0. The van der Waals surface area contributed by atoms with Gasteiger partial charge in [-0.05, 0) is 30.5 Å². The molecule has 1 saturated heterocycles. The van der Waals surface area contributed by atoms with Crippen molar-refractivity contribution in [1.82, 2.24) is 4.31 Å². The van der Waals surface area contributed by atoms with Crippen LogP contribution in [0.25, 0.3) is 0 Å². The molecular weight excluding hydrogens is 341 g/mol. The molecule has 1 aromatic carbocycles. The van der Waals surface area contributed by atoms with E-state index in [4.69, 9.17) is 10.7 Å². The van der Waals surface area contributed by atoms with Crippen LogP contribution in [0, 0.1) is 11.7 Å². The van der Waals surface area contributed by atoms with Gasteiger partial charge in [-0.2, -0.15) is 4.31 Å². The second-order valence-electron chi connectivity index (χ2n) is 4.96. The first-order valence-electron chi connectivity index (χ1n) is 6.40. The molecule has 1 heterocycles. The number of sulfonamides is 1. The summed E-state index contributed by atoms with van der Waals surface area (Å²) in [5.74, 6) is -0.845. The van der Waals surface area contributed by atoms with Gasteiger partial charge in [0.25, 0.3) is 9.05 Å². The quantitative estimate of drug-likeness (QED) is 0.776. The largest absolute Gasteiger partial charge is 0.261 e. The molecule has 0 amide bonds. The third-order valence-corrected chi connectivity index (χ3v) is 6.88. The van der Waals surface area contributed by atoms with Crippen molar-refractivity contribution in [2.75, 3.05) is 13.1 Å². The van der Waals surface area contributed by atoms with Gasteiger partial charge in [0.05, 0.1) is 4.90 Å². The van der Waals surface area contributed by atoms with Crippen molar-refractivity contribution in [1.29, 1.82) is 0 Å². The summed E-state index contributed by atoms with van der Waals surface area (Å²) < 4.78 is 62.2. The van der Waals surface area contributed by atoms with Crippen molar-refractivity contribution < 1.29 is 21.2 Å². The molecule has 2 rings (SSSR count). The number of nitrogens with zero attached hydrogens (tertiary/aromatic N) is 1. The predicted molar refractivity (Wildman–Crippen MR) is 76.6 cm³/mol. The first-order chi connectivity index (χ1) is 9.66. The molecule has 5 nitrogen and oxygen atoms in total. The smallest absolute Gasteiger partial charge is 0.207 e. The summed E-state index contributed by atoms with van der Waals surface area (Å²) in [6, 6.07) is 2.56. The van der Waals surface area contributed by atoms with Crippen LogP contribution in [0.4, 0.5) is 4.39 Å². The number of benzene rings is 1. The second-order valence-corrected chi connectivity index (χ2v) is 9.43. The minimum Gasteiger partial charge on any atom is -0.207 e. The van der Waals surface area contributed by atoms with Gasteiger partial charge in [-0.3, -0.25) is 0 Å². The molecule has 1 aliphatic rings. The molecule has 0 saturated carbocycles. The Morgan fingerprint density at radius 2 is 2.00 bits per heavy atom. The van der Waals surface area contributed by atoms with Crippen molar-refractivity contribution in [2.45, 2.75) is 29.6 Å². The van der Waals surface area contributed by atoms with Gasteiger partial charge in [0.1, 0.15) is 10.7 Å². The zero-order chi connectivity index (χ0) is 15.8. The van der Waals surface area contributed by atoms with E-state index in [0.29, 0.717) is 19.2 Å². The maximum atomic E-state index is 14.0. The zero-order valence-electron chi connectivity index (χ0n) is 11.3. The van der Waals surface area contributed by atoms with Crippen molar-refractivity contribution in [3.8, 4) is 0 Å². The molecule has 0 aliphatic carbocycles. The van der Waals surface area contributed by atoms with E-state index in [1.807, 2.05) is 6.92 Å². The highest BCUT2D eigenvalue weighted by atomic mass is 35.7. The average Bonchev–Trinajstić information content (AvgIpc) is 2.86. The van der Waals surface area contributed by atoms with E-state index in [9.17, 15) is 21.2 Å². The first kappa shape index (κ1) is 16.7. The van der Waals surface area contributed by atoms with E-state index < -0.39 is 34.7 Å². The topological polar surface area (TPSA) is 71.5 Å². The molecule has 1 unspecified atom stereocenters. The molecule has 1 fully saturated rings. The number of halogens is 2. The molecule has 1 aliphatic heterocycles. The first-order valence-corrected chi connectivity index (χ1v) is 10.2. The lowest BCUT2D eigenvalue weighted by atomic mass is 10.1. The Morgan fingerprint density at radius 3 is 2.48 bits per heavy atom. The molecule has 0 spiro atoms. The van der Waals surface area contributed by atoms with E-state index >= 15 is 0 Å². The monoisotopic (exact) mass is 355 g/mol. The molecule has 9 heteroatoms. The predicted octanol–water partition coefficient (Wildman–Crippen LogP) is 2.17. The van der Waals surface area contributed by atoms with Crippen molar-refractivity contribution >= 4 is 29.8 Å². The number of hydrogen-bond donors (Lipinski definition) is 0. The standard InChI is InChI=1S/C12H15ClFNO4S2/c1-2-9-5-6-15(8-9)21(18,19)12-4-3-10(7-11(12)14)20(13,16)17/h3-4,7,9H,2,5-6,8H2,1H3. The van der Waals surface area contributed by atoms with Gasteiger partial charge < -0.3 is 0 Å². The van der Waals surface area contributed by atoms with Gasteiger partial charge in [-0.1, -0.05) is 13.3 Å². The van der Waals surface area contributed by atoms with E-state index in [2.05, 4.69) is 0 Å². The Hall–Kier alpha value is -0.700.